The van der Waals surface area contributed by atoms with Crippen molar-refractivity contribution in [2.75, 3.05) is 26.2 Å². The van der Waals surface area contributed by atoms with E-state index < -0.39 is 0 Å². The van der Waals surface area contributed by atoms with Crippen LogP contribution in [0.15, 0.2) is 30.3 Å². The Balaban J connectivity index is 1.82. The first-order valence-corrected chi connectivity index (χ1v) is 8.17. The second-order valence-electron chi connectivity index (χ2n) is 6.58. The second-order valence-corrected chi connectivity index (χ2v) is 6.58. The molecule has 0 aliphatic carbocycles. The van der Waals surface area contributed by atoms with E-state index in [4.69, 9.17) is 0 Å². The molecule has 0 radical (unpaired) electrons. The fraction of sp³-hybridized carbons (Fsp3) is 0.667. The second kappa shape index (κ2) is 7.80. The van der Waals surface area contributed by atoms with Crippen molar-refractivity contribution in [3.8, 4) is 0 Å². The Hall–Kier alpha value is -0.860. The predicted molar refractivity (Wildman–Crippen MR) is 87.2 cm³/mol. The molecule has 0 bridgehead atoms. The standard InChI is InChI=1S/C18H30N2/c1-15(2)18(17-9-5-4-6-10-17)13-19-16(3)14-20-11-7-8-12-20/h4-6,9-10,15-16,18-19H,7-8,11-14H2,1-3H3. The topological polar surface area (TPSA) is 15.3 Å². The lowest BCUT2D eigenvalue weighted by Crippen LogP contribution is -2.40. The minimum Gasteiger partial charge on any atom is -0.312 e. The summed E-state index contributed by atoms with van der Waals surface area (Å²) in [5, 5.41) is 3.75. The first-order chi connectivity index (χ1) is 9.66. The van der Waals surface area contributed by atoms with Crippen LogP contribution in [0.4, 0.5) is 0 Å². The van der Waals surface area contributed by atoms with Gasteiger partial charge in [0.05, 0.1) is 0 Å². The summed E-state index contributed by atoms with van der Waals surface area (Å²) in [5.74, 6) is 1.28. The molecule has 0 aromatic heterocycles. The minimum absolute atomic E-state index is 0.582. The molecule has 1 aromatic rings. The Morgan fingerprint density at radius 2 is 1.70 bits per heavy atom. The van der Waals surface area contributed by atoms with Gasteiger partial charge < -0.3 is 10.2 Å². The van der Waals surface area contributed by atoms with E-state index in [-0.39, 0.29) is 0 Å². The van der Waals surface area contributed by atoms with Crippen molar-refractivity contribution in [2.24, 2.45) is 5.92 Å². The van der Waals surface area contributed by atoms with E-state index in [1.807, 2.05) is 0 Å². The van der Waals surface area contributed by atoms with Crippen molar-refractivity contribution in [3.05, 3.63) is 35.9 Å². The van der Waals surface area contributed by atoms with Crippen molar-refractivity contribution in [3.63, 3.8) is 0 Å². The van der Waals surface area contributed by atoms with Crippen LogP contribution < -0.4 is 5.32 Å². The lowest BCUT2D eigenvalue weighted by Gasteiger charge is -2.26. The Labute approximate surface area is 124 Å². The monoisotopic (exact) mass is 274 g/mol. The number of nitrogens with zero attached hydrogens (tertiary/aromatic N) is 1. The van der Waals surface area contributed by atoms with Gasteiger partial charge >= 0.3 is 0 Å². The van der Waals surface area contributed by atoms with Gasteiger partial charge in [0.25, 0.3) is 0 Å². The fourth-order valence-electron chi connectivity index (χ4n) is 3.18. The average molecular weight is 274 g/mol. The smallest absolute Gasteiger partial charge is 0.0166 e. The van der Waals surface area contributed by atoms with Crippen LogP contribution in [0, 0.1) is 5.92 Å². The molecule has 0 amide bonds. The van der Waals surface area contributed by atoms with Crippen LogP contribution >= 0.6 is 0 Å². The molecule has 1 aliphatic heterocycles. The Bertz CT molecular complexity index is 368. The lowest BCUT2D eigenvalue weighted by molar-refractivity contribution is 0.292. The van der Waals surface area contributed by atoms with E-state index in [0.29, 0.717) is 17.9 Å². The van der Waals surface area contributed by atoms with E-state index in [9.17, 15) is 0 Å². The summed E-state index contributed by atoms with van der Waals surface area (Å²) in [6.45, 7) is 11.8. The quantitative estimate of drug-likeness (QED) is 0.818. The molecule has 112 valence electrons. The summed E-state index contributed by atoms with van der Waals surface area (Å²) in [6, 6.07) is 11.5. The summed E-state index contributed by atoms with van der Waals surface area (Å²) < 4.78 is 0. The summed E-state index contributed by atoms with van der Waals surface area (Å²) in [6.07, 6.45) is 2.76. The zero-order valence-electron chi connectivity index (χ0n) is 13.3. The molecular formula is C18H30N2. The number of hydrogen-bond donors (Lipinski definition) is 1. The van der Waals surface area contributed by atoms with Crippen molar-refractivity contribution in [1.29, 1.82) is 0 Å². The molecule has 1 saturated heterocycles. The van der Waals surface area contributed by atoms with E-state index in [1.54, 1.807) is 0 Å². The summed E-state index contributed by atoms with van der Waals surface area (Å²) in [7, 11) is 0. The van der Waals surface area contributed by atoms with Gasteiger partial charge in [0, 0.05) is 19.1 Å². The summed E-state index contributed by atoms with van der Waals surface area (Å²) in [5.41, 5.74) is 1.46. The number of benzene rings is 1. The largest absolute Gasteiger partial charge is 0.312 e. The highest BCUT2D eigenvalue weighted by molar-refractivity contribution is 5.20. The van der Waals surface area contributed by atoms with E-state index >= 15 is 0 Å². The van der Waals surface area contributed by atoms with Gasteiger partial charge in [-0.25, -0.2) is 0 Å². The highest BCUT2D eigenvalue weighted by Crippen LogP contribution is 2.23. The van der Waals surface area contributed by atoms with Crippen LogP contribution in [0.1, 0.15) is 45.1 Å². The van der Waals surface area contributed by atoms with Crippen LogP contribution in [0.2, 0.25) is 0 Å². The van der Waals surface area contributed by atoms with Gasteiger partial charge in [-0.1, -0.05) is 44.2 Å². The van der Waals surface area contributed by atoms with Gasteiger partial charge in [-0.15, -0.1) is 0 Å². The molecule has 0 spiro atoms. The lowest BCUT2D eigenvalue weighted by atomic mass is 9.88. The van der Waals surface area contributed by atoms with Crippen LogP contribution in [-0.4, -0.2) is 37.1 Å². The average Bonchev–Trinajstić information content (AvgIpc) is 2.92. The van der Waals surface area contributed by atoms with Crippen molar-refractivity contribution < 1.29 is 0 Å². The van der Waals surface area contributed by atoms with Gasteiger partial charge in [-0.2, -0.15) is 0 Å². The highest BCUT2D eigenvalue weighted by Gasteiger charge is 2.18. The molecule has 2 atom stereocenters. The maximum atomic E-state index is 3.75. The summed E-state index contributed by atoms with van der Waals surface area (Å²) >= 11 is 0. The molecule has 1 aromatic carbocycles. The normalized spacial score (nSPS) is 19.4. The van der Waals surface area contributed by atoms with Gasteiger partial charge in [0.2, 0.25) is 0 Å². The van der Waals surface area contributed by atoms with Crippen molar-refractivity contribution in [1.82, 2.24) is 10.2 Å². The SMILES string of the molecule is CC(CN1CCCC1)NCC(c1ccccc1)C(C)C. The number of likely N-dealkylation sites (tertiary alicyclic amines) is 1. The van der Waals surface area contributed by atoms with Gasteiger partial charge in [0.15, 0.2) is 0 Å². The zero-order chi connectivity index (χ0) is 14.4. The highest BCUT2D eigenvalue weighted by atomic mass is 15.2. The fourth-order valence-corrected chi connectivity index (χ4v) is 3.18. The molecule has 2 heteroatoms. The van der Waals surface area contributed by atoms with Crippen LogP contribution in [0.3, 0.4) is 0 Å². The third kappa shape index (κ3) is 4.60. The van der Waals surface area contributed by atoms with Gasteiger partial charge in [-0.3, -0.25) is 0 Å². The summed E-state index contributed by atoms with van der Waals surface area (Å²) in [4.78, 5) is 2.59. The molecule has 2 nitrogen and oxygen atoms in total. The number of rotatable bonds is 7. The molecule has 1 fully saturated rings. The van der Waals surface area contributed by atoms with E-state index in [2.05, 4.69) is 61.3 Å². The maximum Gasteiger partial charge on any atom is 0.0166 e. The van der Waals surface area contributed by atoms with Gasteiger partial charge in [-0.05, 0) is 50.3 Å². The minimum atomic E-state index is 0.582. The van der Waals surface area contributed by atoms with Gasteiger partial charge in [0.1, 0.15) is 0 Å². The molecule has 2 rings (SSSR count). The first kappa shape index (κ1) is 15.5. The van der Waals surface area contributed by atoms with Crippen LogP contribution in [-0.2, 0) is 0 Å². The molecule has 1 aliphatic rings. The Morgan fingerprint density at radius 3 is 2.30 bits per heavy atom. The zero-order valence-corrected chi connectivity index (χ0v) is 13.3. The van der Waals surface area contributed by atoms with Crippen molar-refractivity contribution in [2.45, 2.75) is 45.6 Å². The predicted octanol–water partition coefficient (Wildman–Crippen LogP) is 3.50. The Kier molecular flexibility index (Phi) is 6.06. The Morgan fingerprint density at radius 1 is 1.05 bits per heavy atom. The first-order valence-electron chi connectivity index (χ1n) is 8.17. The molecule has 2 unspecified atom stereocenters. The molecule has 1 heterocycles. The third-order valence-electron chi connectivity index (χ3n) is 4.45. The molecule has 1 N–H and O–H groups in total. The van der Waals surface area contributed by atoms with Crippen LogP contribution in [0.5, 0.6) is 0 Å². The molecule has 0 saturated carbocycles. The van der Waals surface area contributed by atoms with Crippen molar-refractivity contribution >= 4 is 0 Å². The molecule has 20 heavy (non-hydrogen) atoms. The molecular weight excluding hydrogens is 244 g/mol. The maximum absolute atomic E-state index is 3.75. The van der Waals surface area contributed by atoms with E-state index in [0.717, 1.165) is 6.54 Å². The van der Waals surface area contributed by atoms with Crippen LogP contribution in [0.25, 0.3) is 0 Å². The third-order valence-corrected chi connectivity index (χ3v) is 4.45. The number of nitrogens with one attached hydrogen (secondary N) is 1. The number of hydrogen-bond acceptors (Lipinski definition) is 2. The van der Waals surface area contributed by atoms with E-state index in [1.165, 1.54) is 38.0 Å².